The van der Waals surface area contributed by atoms with Gasteiger partial charge in [-0.05, 0) is 108 Å². The normalized spacial score (nSPS) is 29.2. The Kier molecular flexibility index (Phi) is 8.06. The first-order valence-corrected chi connectivity index (χ1v) is 19.6. The molecule has 0 heterocycles. The molecular weight excluding hydrogens is 566 g/mol. The molecule has 231 valence electrons. The molecular formula is C29H47F6O3Si2. The minimum absolute atomic E-state index is 0.0372. The van der Waals surface area contributed by atoms with Crippen LogP contribution in [0.5, 0.6) is 0 Å². The molecule has 0 amide bonds. The number of rotatable bonds is 10. The Bertz CT molecular complexity index is 1130. The van der Waals surface area contributed by atoms with Crippen molar-refractivity contribution >= 4 is 23.1 Å². The van der Waals surface area contributed by atoms with Crippen LogP contribution in [0, 0.1) is 34.5 Å². The Labute approximate surface area is 247 Å². The number of hydrogen-bond donors (Lipinski definition) is 0. The van der Waals surface area contributed by atoms with Crippen molar-refractivity contribution in [3.05, 3.63) is 0 Å². The quantitative estimate of drug-likeness (QED) is 0.139. The van der Waals surface area contributed by atoms with Gasteiger partial charge in [-0.15, -0.1) is 0 Å². The van der Waals surface area contributed by atoms with Crippen molar-refractivity contribution in [1.82, 2.24) is 0 Å². The Morgan fingerprint density at radius 1 is 1.07 bits per heavy atom. The standard InChI is InChI=1S/C29H47F6O3Si2/c1-24(2,37-39(5)6)16-11-17-25(3,23-15-14-21-22(36)13-10-19-26(21,23)4)18-12-20-27(28(30,31)32,29(33,34)35)38-40(7,8)9/h21,23H,10-11,13-19H2,1-9H3/t21?,23-,25-,26+/m1/s1/i1D3,2D3. The number of ketones is 1. The van der Waals surface area contributed by atoms with E-state index in [1.807, 2.05) is 6.92 Å². The zero-order chi connectivity index (χ0) is 36.0. The number of halogens is 6. The van der Waals surface area contributed by atoms with Gasteiger partial charge in [-0.25, -0.2) is 0 Å². The third kappa shape index (κ3) is 7.96. The highest BCUT2D eigenvalue weighted by molar-refractivity contribution is 6.69. The fraction of sp³-hybridized carbons (Fsp3) is 0.897. The topological polar surface area (TPSA) is 35.5 Å². The van der Waals surface area contributed by atoms with Crippen molar-refractivity contribution in [3.8, 4) is 11.8 Å². The average molecular weight is 620 g/mol. The minimum atomic E-state index is -5.90. The molecule has 0 aliphatic heterocycles. The summed E-state index contributed by atoms with van der Waals surface area (Å²) in [5.74, 6) is 3.07. The second-order valence-corrected chi connectivity index (χ2v) is 19.7. The predicted octanol–water partition coefficient (Wildman–Crippen LogP) is 9.10. The lowest BCUT2D eigenvalue weighted by molar-refractivity contribution is -0.336. The summed E-state index contributed by atoms with van der Waals surface area (Å²) in [7, 11) is -5.31. The second-order valence-electron chi connectivity index (χ2n) is 13.2. The van der Waals surface area contributed by atoms with E-state index in [9.17, 15) is 31.1 Å². The maximum absolute atomic E-state index is 14.2. The number of Topliss-reactive ketones (excluding diaryl/α,β-unsaturated/α-hetero) is 1. The van der Waals surface area contributed by atoms with Gasteiger partial charge in [0.05, 0.1) is 5.60 Å². The summed E-state index contributed by atoms with van der Waals surface area (Å²) >= 11 is 0. The molecule has 0 aromatic heterocycles. The molecule has 2 rings (SSSR count). The first-order valence-electron chi connectivity index (χ1n) is 16.7. The Morgan fingerprint density at radius 3 is 2.17 bits per heavy atom. The smallest absolute Gasteiger partial charge is 0.412 e. The first kappa shape index (κ1) is 26.8. The highest BCUT2D eigenvalue weighted by Gasteiger charge is 2.73. The van der Waals surface area contributed by atoms with Gasteiger partial charge < -0.3 is 8.85 Å². The van der Waals surface area contributed by atoms with Gasteiger partial charge in [0.2, 0.25) is 9.04 Å². The molecule has 2 aliphatic rings. The summed E-state index contributed by atoms with van der Waals surface area (Å²) < 4.78 is 145. The SMILES string of the molecule is [2H]C([2H])([2H])C(CCC[C@](C)(CC#CC(O[Si](C)(C)C)(C(F)(F)F)C(F)(F)F)[C@H]1CCC2C(=O)CCC[C@@]21C)(O[Si](C)C)C([2H])([2H])[2H]. The molecule has 2 aliphatic carbocycles. The Morgan fingerprint density at radius 2 is 1.68 bits per heavy atom. The van der Waals surface area contributed by atoms with E-state index in [0.29, 0.717) is 32.1 Å². The summed E-state index contributed by atoms with van der Waals surface area (Å²) in [6.07, 6.45) is -10.1. The van der Waals surface area contributed by atoms with Crippen LogP contribution in [0.2, 0.25) is 32.7 Å². The Hall–Kier alpha value is -0.836. The lowest BCUT2D eigenvalue weighted by Gasteiger charge is -2.48. The minimum Gasteiger partial charge on any atom is -0.412 e. The van der Waals surface area contributed by atoms with Crippen LogP contribution in [0.1, 0.15) is 93.6 Å². The van der Waals surface area contributed by atoms with Gasteiger partial charge in [0.15, 0.2) is 8.32 Å². The number of hydrogen-bond acceptors (Lipinski definition) is 3. The van der Waals surface area contributed by atoms with Gasteiger partial charge in [-0.3, -0.25) is 4.79 Å². The van der Waals surface area contributed by atoms with E-state index >= 15 is 0 Å². The van der Waals surface area contributed by atoms with E-state index in [1.54, 1.807) is 20.0 Å². The van der Waals surface area contributed by atoms with E-state index in [-0.39, 0.29) is 30.5 Å². The lowest BCUT2D eigenvalue weighted by atomic mass is 9.56. The number of carbonyl (C=O) groups excluding carboxylic acids is 1. The zero-order valence-corrected chi connectivity index (χ0v) is 26.5. The van der Waals surface area contributed by atoms with E-state index < -0.39 is 78.3 Å². The fourth-order valence-corrected chi connectivity index (χ4v) is 8.88. The molecule has 2 saturated carbocycles. The molecule has 0 bridgehead atoms. The van der Waals surface area contributed by atoms with Gasteiger partial charge >= 0.3 is 18.0 Å². The van der Waals surface area contributed by atoms with Gasteiger partial charge in [-0.2, -0.15) is 26.3 Å². The predicted molar refractivity (Wildman–Crippen MR) is 149 cm³/mol. The third-order valence-corrected chi connectivity index (χ3v) is 10.0. The molecule has 0 spiro atoms. The zero-order valence-electron chi connectivity index (χ0n) is 30.5. The van der Waals surface area contributed by atoms with Crippen molar-refractivity contribution in [1.29, 1.82) is 0 Å². The molecule has 1 unspecified atom stereocenters. The summed E-state index contributed by atoms with van der Waals surface area (Å²) in [5, 5.41) is 0. The van der Waals surface area contributed by atoms with Crippen LogP contribution in [0.25, 0.3) is 0 Å². The molecule has 4 atom stereocenters. The molecule has 0 aromatic carbocycles. The average Bonchev–Trinajstić information content (AvgIpc) is 3.18. The fourth-order valence-electron chi connectivity index (χ4n) is 6.88. The largest absolute Gasteiger partial charge is 0.437 e. The van der Waals surface area contributed by atoms with Crippen molar-refractivity contribution in [3.63, 3.8) is 0 Å². The van der Waals surface area contributed by atoms with Crippen molar-refractivity contribution in [2.75, 3.05) is 0 Å². The number of carbonyl (C=O) groups is 1. The number of alkyl halides is 6. The van der Waals surface area contributed by atoms with Gasteiger partial charge in [0.1, 0.15) is 5.78 Å². The molecule has 1 radical (unpaired) electrons. The lowest BCUT2D eigenvalue weighted by Crippen LogP contribution is -2.61. The van der Waals surface area contributed by atoms with Crippen LogP contribution >= 0.6 is 0 Å². The van der Waals surface area contributed by atoms with Crippen LogP contribution in [-0.2, 0) is 13.6 Å². The van der Waals surface area contributed by atoms with Crippen LogP contribution < -0.4 is 0 Å². The summed E-state index contributed by atoms with van der Waals surface area (Å²) in [5.41, 5.74) is -8.92. The summed E-state index contributed by atoms with van der Waals surface area (Å²) in [6.45, 7) is 4.31. The third-order valence-electron chi connectivity index (χ3n) is 8.37. The van der Waals surface area contributed by atoms with Crippen molar-refractivity contribution in [2.24, 2.45) is 22.7 Å². The first-order chi connectivity index (χ1) is 20.4. The molecule has 2 fully saturated rings. The van der Waals surface area contributed by atoms with Crippen molar-refractivity contribution in [2.45, 2.75) is 142 Å². The molecule has 11 heteroatoms. The van der Waals surface area contributed by atoms with Gasteiger partial charge in [-0.1, -0.05) is 26.2 Å². The van der Waals surface area contributed by atoms with Gasteiger partial charge in [0.25, 0.3) is 0 Å². The molecule has 0 saturated heterocycles. The van der Waals surface area contributed by atoms with E-state index in [1.165, 1.54) is 25.6 Å². The highest BCUT2D eigenvalue weighted by atomic mass is 28.4. The van der Waals surface area contributed by atoms with Crippen LogP contribution in [-0.4, -0.2) is 46.7 Å². The van der Waals surface area contributed by atoms with Crippen molar-refractivity contribution < 1.29 is 48.2 Å². The maximum atomic E-state index is 14.2. The van der Waals surface area contributed by atoms with Crippen LogP contribution in [0.15, 0.2) is 0 Å². The molecule has 0 N–H and O–H groups in total. The van der Waals surface area contributed by atoms with Crippen LogP contribution in [0.4, 0.5) is 26.3 Å². The van der Waals surface area contributed by atoms with E-state index in [2.05, 4.69) is 5.92 Å². The number of fused-ring (bicyclic) bond motifs is 1. The highest BCUT2D eigenvalue weighted by Crippen LogP contribution is 2.61. The molecule has 3 nitrogen and oxygen atoms in total. The molecule has 0 aromatic rings. The Balaban J connectivity index is 2.66. The second kappa shape index (κ2) is 12.0. The maximum Gasteiger partial charge on any atom is 0.437 e. The van der Waals surface area contributed by atoms with Gasteiger partial charge in [0, 0.05) is 27.0 Å². The monoisotopic (exact) mass is 619 g/mol. The molecule has 40 heavy (non-hydrogen) atoms. The van der Waals surface area contributed by atoms with E-state index in [0.717, 1.165) is 0 Å². The van der Waals surface area contributed by atoms with E-state index in [4.69, 9.17) is 17.1 Å². The van der Waals surface area contributed by atoms with Crippen LogP contribution in [0.3, 0.4) is 0 Å². The summed E-state index contributed by atoms with van der Waals surface area (Å²) in [4.78, 5) is 12.9. The summed E-state index contributed by atoms with van der Waals surface area (Å²) in [6, 6.07) is 0.